The third kappa shape index (κ3) is 3.57. The molecule has 106 valence electrons. The summed E-state index contributed by atoms with van der Waals surface area (Å²) in [5.41, 5.74) is 7.11. The number of nitrogens with one attached hydrogen (secondary N) is 1. The first-order valence-electron chi connectivity index (χ1n) is 6.40. The third-order valence-electron chi connectivity index (χ3n) is 2.79. The van der Waals surface area contributed by atoms with Crippen LogP contribution < -0.4 is 11.1 Å². The quantitative estimate of drug-likeness (QED) is 0.830. The molecular weight excluding hydrogens is 279 g/mol. The highest BCUT2D eigenvalue weighted by Gasteiger charge is 2.09. The lowest BCUT2D eigenvalue weighted by Gasteiger charge is -2.11. The Morgan fingerprint density at radius 2 is 1.95 bits per heavy atom. The molecule has 2 rings (SSSR count). The largest absolute Gasteiger partial charge is 0.393 e. The minimum atomic E-state index is -0.261. The second-order valence-corrected chi connectivity index (χ2v) is 4.78. The molecule has 2 aromatic rings. The molecule has 0 atom stereocenters. The predicted molar refractivity (Wildman–Crippen MR) is 79.2 cm³/mol. The first-order chi connectivity index (χ1) is 9.60. The lowest BCUT2D eigenvalue weighted by Crippen LogP contribution is -2.08. The van der Waals surface area contributed by atoms with Gasteiger partial charge in [0.2, 0.25) is 0 Å². The first kappa shape index (κ1) is 14.5. The maximum atomic E-state index is 12.8. The van der Waals surface area contributed by atoms with Gasteiger partial charge in [-0.2, -0.15) is 0 Å². The van der Waals surface area contributed by atoms with Crippen LogP contribution in [-0.4, -0.2) is 9.97 Å². The van der Waals surface area contributed by atoms with Crippen LogP contribution in [0.5, 0.6) is 0 Å². The SMILES string of the molecule is CCCc1nc(Cl)c(N)c(NCc2ccc(F)cc2)n1. The minimum absolute atomic E-state index is 0.255. The summed E-state index contributed by atoms with van der Waals surface area (Å²) in [4.78, 5) is 8.48. The Morgan fingerprint density at radius 3 is 2.60 bits per heavy atom. The van der Waals surface area contributed by atoms with Gasteiger partial charge in [-0.25, -0.2) is 14.4 Å². The van der Waals surface area contributed by atoms with E-state index in [1.54, 1.807) is 12.1 Å². The van der Waals surface area contributed by atoms with Gasteiger partial charge in [0.05, 0.1) is 0 Å². The van der Waals surface area contributed by atoms with Crippen molar-refractivity contribution >= 4 is 23.1 Å². The fraction of sp³-hybridized carbons (Fsp3) is 0.286. The van der Waals surface area contributed by atoms with Gasteiger partial charge in [0.15, 0.2) is 11.0 Å². The van der Waals surface area contributed by atoms with E-state index in [1.165, 1.54) is 12.1 Å². The van der Waals surface area contributed by atoms with Crippen molar-refractivity contribution in [1.82, 2.24) is 9.97 Å². The molecule has 0 aliphatic heterocycles. The van der Waals surface area contributed by atoms with Crippen LogP contribution >= 0.6 is 11.6 Å². The van der Waals surface area contributed by atoms with Gasteiger partial charge in [0, 0.05) is 13.0 Å². The highest BCUT2D eigenvalue weighted by molar-refractivity contribution is 6.32. The fourth-order valence-corrected chi connectivity index (χ4v) is 1.93. The average molecular weight is 295 g/mol. The summed E-state index contributed by atoms with van der Waals surface area (Å²) in [6, 6.07) is 6.23. The van der Waals surface area contributed by atoms with Crippen LogP contribution in [0.1, 0.15) is 24.7 Å². The van der Waals surface area contributed by atoms with E-state index in [0.717, 1.165) is 18.4 Å². The van der Waals surface area contributed by atoms with Crippen molar-refractivity contribution in [3.8, 4) is 0 Å². The standard InChI is InChI=1S/C14H16ClFN4/c1-2-3-11-19-13(15)12(17)14(20-11)18-8-9-4-6-10(16)7-5-9/h4-7H,2-3,8,17H2,1H3,(H,18,19,20). The molecule has 0 spiro atoms. The Labute approximate surface area is 122 Å². The second kappa shape index (κ2) is 6.52. The van der Waals surface area contributed by atoms with Crippen molar-refractivity contribution in [3.05, 3.63) is 46.6 Å². The molecule has 0 unspecified atom stereocenters. The van der Waals surface area contributed by atoms with Crippen molar-refractivity contribution in [2.45, 2.75) is 26.3 Å². The molecule has 3 N–H and O–H groups in total. The van der Waals surface area contributed by atoms with E-state index < -0.39 is 0 Å². The molecular formula is C14H16ClFN4. The summed E-state index contributed by atoms with van der Waals surface area (Å²) >= 11 is 5.99. The summed E-state index contributed by atoms with van der Waals surface area (Å²) in [7, 11) is 0. The van der Waals surface area contributed by atoms with Crippen LogP contribution in [0.3, 0.4) is 0 Å². The van der Waals surface area contributed by atoms with Crippen molar-refractivity contribution in [3.63, 3.8) is 0 Å². The van der Waals surface area contributed by atoms with Crippen molar-refractivity contribution in [1.29, 1.82) is 0 Å². The zero-order chi connectivity index (χ0) is 14.5. The lowest BCUT2D eigenvalue weighted by atomic mass is 10.2. The highest BCUT2D eigenvalue weighted by atomic mass is 35.5. The number of hydrogen-bond acceptors (Lipinski definition) is 4. The molecule has 0 bridgehead atoms. The Hall–Kier alpha value is -1.88. The number of nitrogens with zero attached hydrogens (tertiary/aromatic N) is 2. The molecule has 0 radical (unpaired) electrons. The Morgan fingerprint density at radius 1 is 1.25 bits per heavy atom. The molecule has 0 fully saturated rings. The van der Waals surface area contributed by atoms with Gasteiger partial charge < -0.3 is 11.1 Å². The maximum absolute atomic E-state index is 12.8. The smallest absolute Gasteiger partial charge is 0.157 e. The van der Waals surface area contributed by atoms with E-state index in [0.29, 0.717) is 23.9 Å². The summed E-state index contributed by atoms with van der Waals surface area (Å²) in [6.07, 6.45) is 1.67. The highest BCUT2D eigenvalue weighted by Crippen LogP contribution is 2.24. The van der Waals surface area contributed by atoms with Crippen LogP contribution in [-0.2, 0) is 13.0 Å². The molecule has 6 heteroatoms. The summed E-state index contributed by atoms with van der Waals surface area (Å²) in [6.45, 7) is 2.53. The van der Waals surface area contributed by atoms with Crippen LogP contribution in [0.4, 0.5) is 15.9 Å². The van der Waals surface area contributed by atoms with E-state index in [1.807, 2.05) is 6.92 Å². The molecule has 1 aromatic carbocycles. The molecule has 4 nitrogen and oxygen atoms in total. The minimum Gasteiger partial charge on any atom is -0.393 e. The monoisotopic (exact) mass is 294 g/mol. The molecule has 0 amide bonds. The van der Waals surface area contributed by atoms with Crippen LogP contribution in [0.25, 0.3) is 0 Å². The van der Waals surface area contributed by atoms with Gasteiger partial charge in [-0.15, -0.1) is 0 Å². The molecule has 0 aliphatic carbocycles. The number of anilines is 2. The van der Waals surface area contributed by atoms with Crippen LogP contribution in [0, 0.1) is 5.82 Å². The fourth-order valence-electron chi connectivity index (χ4n) is 1.74. The van der Waals surface area contributed by atoms with E-state index in [-0.39, 0.29) is 11.0 Å². The maximum Gasteiger partial charge on any atom is 0.157 e. The van der Waals surface area contributed by atoms with Gasteiger partial charge in [-0.3, -0.25) is 0 Å². The van der Waals surface area contributed by atoms with Gasteiger partial charge in [0.1, 0.15) is 17.3 Å². The van der Waals surface area contributed by atoms with Gasteiger partial charge in [-0.05, 0) is 24.1 Å². The van der Waals surface area contributed by atoms with Crippen molar-refractivity contribution in [2.75, 3.05) is 11.1 Å². The summed E-state index contributed by atoms with van der Waals surface area (Å²) in [5, 5.41) is 3.36. The van der Waals surface area contributed by atoms with Crippen molar-refractivity contribution in [2.24, 2.45) is 0 Å². The van der Waals surface area contributed by atoms with Gasteiger partial charge >= 0.3 is 0 Å². The molecule has 20 heavy (non-hydrogen) atoms. The molecule has 0 aliphatic rings. The molecule has 1 aromatic heterocycles. The topological polar surface area (TPSA) is 63.8 Å². The third-order valence-corrected chi connectivity index (χ3v) is 3.08. The normalized spacial score (nSPS) is 10.6. The Balaban J connectivity index is 2.13. The summed E-state index contributed by atoms with van der Waals surface area (Å²) in [5.74, 6) is 0.912. The molecule has 0 saturated carbocycles. The van der Waals surface area contributed by atoms with Crippen molar-refractivity contribution < 1.29 is 4.39 Å². The number of benzene rings is 1. The number of nitrogen functional groups attached to an aromatic ring is 1. The second-order valence-electron chi connectivity index (χ2n) is 4.42. The average Bonchev–Trinajstić information content (AvgIpc) is 2.43. The zero-order valence-corrected chi connectivity index (χ0v) is 11.9. The number of nitrogens with two attached hydrogens (primary N) is 1. The van der Waals surface area contributed by atoms with Gasteiger partial charge in [-0.1, -0.05) is 30.7 Å². The predicted octanol–water partition coefficient (Wildman–Crippen LogP) is 3.42. The van der Waals surface area contributed by atoms with E-state index in [2.05, 4.69) is 15.3 Å². The van der Waals surface area contributed by atoms with E-state index in [4.69, 9.17) is 17.3 Å². The van der Waals surface area contributed by atoms with E-state index >= 15 is 0 Å². The number of rotatable bonds is 5. The lowest BCUT2D eigenvalue weighted by molar-refractivity contribution is 0.627. The Bertz CT molecular complexity index is 586. The molecule has 1 heterocycles. The van der Waals surface area contributed by atoms with E-state index in [9.17, 15) is 4.39 Å². The number of hydrogen-bond donors (Lipinski definition) is 2. The molecule has 0 saturated heterocycles. The van der Waals surface area contributed by atoms with Gasteiger partial charge in [0.25, 0.3) is 0 Å². The Kier molecular flexibility index (Phi) is 4.74. The van der Waals surface area contributed by atoms with Crippen LogP contribution in [0.15, 0.2) is 24.3 Å². The summed E-state index contributed by atoms with van der Waals surface area (Å²) < 4.78 is 12.8. The van der Waals surface area contributed by atoms with Crippen LogP contribution in [0.2, 0.25) is 5.15 Å². The number of aryl methyl sites for hydroxylation is 1. The zero-order valence-electron chi connectivity index (χ0n) is 11.2. The number of halogens is 2. The first-order valence-corrected chi connectivity index (χ1v) is 6.78. The number of aromatic nitrogens is 2.